The lowest BCUT2D eigenvalue weighted by molar-refractivity contribution is -0.120. The predicted molar refractivity (Wildman–Crippen MR) is 75.9 cm³/mol. The highest BCUT2D eigenvalue weighted by atomic mass is 16.5. The lowest BCUT2D eigenvalue weighted by Crippen LogP contribution is -2.58. The first-order valence-electron chi connectivity index (χ1n) is 7.42. The van der Waals surface area contributed by atoms with Crippen LogP contribution in [0.2, 0.25) is 0 Å². The van der Waals surface area contributed by atoms with Crippen LogP contribution in [0.3, 0.4) is 0 Å². The Morgan fingerprint density at radius 2 is 1.83 bits per heavy atom. The Hall–Kier alpha value is -0.120. The van der Waals surface area contributed by atoms with Crippen molar-refractivity contribution < 1.29 is 9.47 Å². The molecule has 1 heterocycles. The van der Waals surface area contributed by atoms with Crippen molar-refractivity contribution in [3.05, 3.63) is 0 Å². The van der Waals surface area contributed by atoms with Gasteiger partial charge in [0.15, 0.2) is 0 Å². The van der Waals surface area contributed by atoms with E-state index in [1.807, 2.05) is 7.11 Å². The van der Waals surface area contributed by atoms with E-state index in [-0.39, 0.29) is 5.60 Å². The van der Waals surface area contributed by atoms with E-state index in [0.717, 1.165) is 38.5 Å². The predicted octanol–water partition coefficient (Wildman–Crippen LogP) is 2.84. The molecular weight excluding hydrogens is 226 g/mol. The zero-order valence-corrected chi connectivity index (χ0v) is 12.8. The quantitative estimate of drug-likeness (QED) is 0.761. The molecule has 0 amide bonds. The average Bonchev–Trinajstić information content (AvgIpc) is 2.35. The minimum absolute atomic E-state index is 0.0391. The number of methoxy groups -OCH3 is 1. The molecule has 1 fully saturated rings. The number of likely N-dealkylation sites (N-methyl/N-ethyl adjacent to an activating group) is 1. The van der Waals surface area contributed by atoms with E-state index in [1.54, 1.807) is 0 Å². The first kappa shape index (κ1) is 15.9. The van der Waals surface area contributed by atoms with Crippen LogP contribution >= 0.6 is 0 Å². The summed E-state index contributed by atoms with van der Waals surface area (Å²) in [5.74, 6) is 1.36. The fourth-order valence-electron chi connectivity index (χ4n) is 3.36. The average molecular weight is 257 g/mol. The Morgan fingerprint density at radius 3 is 2.28 bits per heavy atom. The zero-order valence-electron chi connectivity index (χ0n) is 12.8. The molecule has 0 aromatic rings. The lowest BCUT2D eigenvalue weighted by atomic mass is 9.77. The van der Waals surface area contributed by atoms with Crippen LogP contribution in [0.15, 0.2) is 0 Å². The fourth-order valence-corrected chi connectivity index (χ4v) is 3.36. The molecule has 0 radical (unpaired) electrons. The molecule has 0 saturated carbocycles. The van der Waals surface area contributed by atoms with Gasteiger partial charge in [0.1, 0.15) is 0 Å². The SMILES string of the molecule is CCNC(C(C)CC(C)C)C1(OC)CCOCC1. The normalized spacial score (nSPS) is 23.0. The molecule has 0 aliphatic carbocycles. The van der Waals surface area contributed by atoms with Gasteiger partial charge < -0.3 is 14.8 Å². The molecule has 18 heavy (non-hydrogen) atoms. The van der Waals surface area contributed by atoms with E-state index < -0.39 is 0 Å². The van der Waals surface area contributed by atoms with Crippen LogP contribution in [0.25, 0.3) is 0 Å². The molecule has 0 bridgehead atoms. The summed E-state index contributed by atoms with van der Waals surface area (Å²) in [6.45, 7) is 11.8. The second-order valence-electron chi connectivity index (χ2n) is 6.02. The Kier molecular flexibility index (Phi) is 6.61. The van der Waals surface area contributed by atoms with E-state index in [2.05, 4.69) is 33.0 Å². The van der Waals surface area contributed by atoms with E-state index in [9.17, 15) is 0 Å². The van der Waals surface area contributed by atoms with Crippen molar-refractivity contribution in [2.75, 3.05) is 26.9 Å². The summed E-state index contributed by atoms with van der Waals surface area (Å²) < 4.78 is 11.5. The maximum atomic E-state index is 5.95. The molecule has 1 aliphatic heterocycles. The van der Waals surface area contributed by atoms with Gasteiger partial charge in [0, 0.05) is 39.2 Å². The van der Waals surface area contributed by atoms with Crippen molar-refractivity contribution in [1.29, 1.82) is 0 Å². The summed E-state index contributed by atoms with van der Waals surface area (Å²) in [7, 11) is 1.86. The Balaban J connectivity index is 2.79. The van der Waals surface area contributed by atoms with Gasteiger partial charge in [-0.1, -0.05) is 27.7 Å². The van der Waals surface area contributed by atoms with Gasteiger partial charge in [-0.25, -0.2) is 0 Å². The third-order valence-corrected chi connectivity index (χ3v) is 4.15. The minimum Gasteiger partial charge on any atom is -0.381 e. The van der Waals surface area contributed by atoms with Crippen LogP contribution in [0.4, 0.5) is 0 Å². The molecule has 1 N–H and O–H groups in total. The smallest absolute Gasteiger partial charge is 0.0877 e. The summed E-state index contributed by atoms with van der Waals surface area (Å²) in [5, 5.41) is 3.67. The third-order valence-electron chi connectivity index (χ3n) is 4.15. The maximum absolute atomic E-state index is 5.95. The molecule has 108 valence electrons. The minimum atomic E-state index is -0.0391. The van der Waals surface area contributed by atoms with Gasteiger partial charge in [0.05, 0.1) is 5.60 Å². The fraction of sp³-hybridized carbons (Fsp3) is 1.00. The van der Waals surface area contributed by atoms with Crippen LogP contribution in [-0.2, 0) is 9.47 Å². The van der Waals surface area contributed by atoms with Gasteiger partial charge in [-0.05, 0) is 24.8 Å². The van der Waals surface area contributed by atoms with Crippen molar-refractivity contribution in [3.8, 4) is 0 Å². The number of ether oxygens (including phenoxy) is 2. The van der Waals surface area contributed by atoms with Crippen molar-refractivity contribution in [3.63, 3.8) is 0 Å². The van der Waals surface area contributed by atoms with Crippen LogP contribution < -0.4 is 5.32 Å². The van der Waals surface area contributed by atoms with Gasteiger partial charge in [-0.15, -0.1) is 0 Å². The summed E-state index contributed by atoms with van der Waals surface area (Å²) in [5.41, 5.74) is -0.0391. The number of nitrogens with one attached hydrogen (secondary N) is 1. The molecule has 1 saturated heterocycles. The zero-order chi connectivity index (χ0) is 13.6. The van der Waals surface area contributed by atoms with Crippen molar-refractivity contribution in [1.82, 2.24) is 5.32 Å². The summed E-state index contributed by atoms with van der Waals surface area (Å²) in [4.78, 5) is 0. The largest absolute Gasteiger partial charge is 0.381 e. The van der Waals surface area contributed by atoms with Crippen molar-refractivity contribution in [2.24, 2.45) is 11.8 Å². The highest BCUT2D eigenvalue weighted by Crippen LogP contribution is 2.33. The first-order chi connectivity index (χ1) is 8.55. The summed E-state index contributed by atoms with van der Waals surface area (Å²) in [6, 6.07) is 0.429. The molecular formula is C15H31NO2. The van der Waals surface area contributed by atoms with Crippen LogP contribution in [0.5, 0.6) is 0 Å². The van der Waals surface area contributed by atoms with Crippen molar-refractivity contribution >= 4 is 0 Å². The van der Waals surface area contributed by atoms with Gasteiger partial charge in [-0.2, -0.15) is 0 Å². The van der Waals surface area contributed by atoms with Gasteiger partial charge in [-0.3, -0.25) is 0 Å². The molecule has 0 spiro atoms. The molecule has 1 rings (SSSR count). The summed E-state index contributed by atoms with van der Waals surface area (Å²) in [6.07, 6.45) is 3.25. The maximum Gasteiger partial charge on any atom is 0.0877 e. The molecule has 0 aromatic carbocycles. The van der Waals surface area contributed by atoms with Gasteiger partial charge >= 0.3 is 0 Å². The first-order valence-corrected chi connectivity index (χ1v) is 7.42. The number of rotatable bonds is 7. The van der Waals surface area contributed by atoms with Crippen LogP contribution in [-0.4, -0.2) is 38.5 Å². The Labute approximate surface area is 113 Å². The highest BCUT2D eigenvalue weighted by molar-refractivity contribution is 4.97. The van der Waals surface area contributed by atoms with E-state index in [0.29, 0.717) is 12.0 Å². The van der Waals surface area contributed by atoms with E-state index in [1.165, 1.54) is 6.42 Å². The van der Waals surface area contributed by atoms with Crippen LogP contribution in [0.1, 0.15) is 47.0 Å². The van der Waals surface area contributed by atoms with Gasteiger partial charge in [0.25, 0.3) is 0 Å². The summed E-state index contributed by atoms with van der Waals surface area (Å²) >= 11 is 0. The molecule has 2 unspecified atom stereocenters. The lowest BCUT2D eigenvalue weighted by Gasteiger charge is -2.45. The third kappa shape index (κ3) is 3.94. The molecule has 1 aliphatic rings. The van der Waals surface area contributed by atoms with Crippen LogP contribution in [0, 0.1) is 11.8 Å². The molecule has 3 heteroatoms. The molecule has 0 aromatic heterocycles. The number of hydrogen-bond donors (Lipinski definition) is 1. The highest BCUT2D eigenvalue weighted by Gasteiger charge is 2.42. The standard InChI is InChI=1S/C15H31NO2/c1-6-16-14(13(4)11-12(2)3)15(17-5)7-9-18-10-8-15/h12-14,16H,6-11H2,1-5H3. The Morgan fingerprint density at radius 1 is 1.22 bits per heavy atom. The van der Waals surface area contributed by atoms with Crippen molar-refractivity contribution in [2.45, 2.75) is 58.6 Å². The van der Waals surface area contributed by atoms with Gasteiger partial charge in [0.2, 0.25) is 0 Å². The second-order valence-corrected chi connectivity index (χ2v) is 6.02. The monoisotopic (exact) mass is 257 g/mol. The van der Waals surface area contributed by atoms with E-state index >= 15 is 0 Å². The molecule has 3 nitrogen and oxygen atoms in total. The number of hydrogen-bond acceptors (Lipinski definition) is 3. The topological polar surface area (TPSA) is 30.5 Å². The Bertz CT molecular complexity index is 225. The van der Waals surface area contributed by atoms with E-state index in [4.69, 9.17) is 9.47 Å². The second kappa shape index (κ2) is 7.46. The molecule has 2 atom stereocenters.